The molecule has 192 valence electrons. The molecule has 2 aliphatic heterocycles. The highest BCUT2D eigenvalue weighted by Crippen LogP contribution is 2.41. The molecule has 4 rings (SSSR count). The summed E-state index contributed by atoms with van der Waals surface area (Å²) in [5, 5.41) is 11.4. The largest absolute Gasteiger partial charge is 0.507 e. The summed E-state index contributed by atoms with van der Waals surface area (Å²) in [4.78, 5) is 45.2. The van der Waals surface area contributed by atoms with E-state index in [1.165, 1.54) is 23.1 Å². The summed E-state index contributed by atoms with van der Waals surface area (Å²) in [5.41, 5.74) is 1.44. The van der Waals surface area contributed by atoms with Gasteiger partial charge in [-0.05, 0) is 44.0 Å². The number of ketones is 1. The molecule has 9 nitrogen and oxygen atoms in total. The van der Waals surface area contributed by atoms with Crippen LogP contribution in [-0.4, -0.2) is 83.5 Å². The van der Waals surface area contributed by atoms with Crippen molar-refractivity contribution in [1.82, 2.24) is 14.8 Å². The molecule has 0 aliphatic carbocycles. The van der Waals surface area contributed by atoms with Crippen molar-refractivity contribution < 1.29 is 33.4 Å². The van der Waals surface area contributed by atoms with Crippen LogP contribution < -0.4 is 0 Å². The van der Waals surface area contributed by atoms with E-state index in [-0.39, 0.29) is 30.0 Å². The molecule has 10 heteroatoms. The molecule has 3 heterocycles. The second-order valence-electron chi connectivity index (χ2n) is 8.85. The molecule has 0 bridgehead atoms. The average molecular weight is 500 g/mol. The highest BCUT2D eigenvalue weighted by atomic mass is 19.1. The van der Waals surface area contributed by atoms with Gasteiger partial charge >= 0.3 is 5.97 Å². The average Bonchev–Trinajstić information content (AvgIpc) is 3.30. The van der Waals surface area contributed by atoms with Gasteiger partial charge in [0.2, 0.25) is 0 Å². The first-order valence-electron chi connectivity index (χ1n) is 11.9. The van der Waals surface area contributed by atoms with Gasteiger partial charge in [0.15, 0.2) is 0 Å². The van der Waals surface area contributed by atoms with Gasteiger partial charge in [0, 0.05) is 37.4 Å². The molecule has 1 aromatic carbocycles. The Bertz CT molecular complexity index is 1210. The van der Waals surface area contributed by atoms with Crippen molar-refractivity contribution >= 4 is 23.4 Å². The Balaban J connectivity index is 1.79. The maximum atomic E-state index is 14.2. The zero-order valence-corrected chi connectivity index (χ0v) is 20.6. The second-order valence-corrected chi connectivity index (χ2v) is 8.85. The van der Waals surface area contributed by atoms with Gasteiger partial charge in [0.1, 0.15) is 17.3 Å². The van der Waals surface area contributed by atoms with Crippen molar-refractivity contribution in [3.8, 4) is 0 Å². The van der Waals surface area contributed by atoms with Crippen LogP contribution in [0.25, 0.3) is 5.76 Å². The number of nitrogens with zero attached hydrogens (tertiary/aromatic N) is 2. The Kier molecular flexibility index (Phi) is 7.56. The minimum absolute atomic E-state index is 0.145. The number of H-pyrrole nitrogens is 1. The van der Waals surface area contributed by atoms with Crippen LogP contribution in [0, 0.1) is 19.7 Å². The Morgan fingerprint density at radius 2 is 1.94 bits per heavy atom. The first kappa shape index (κ1) is 25.6. The Hall–Kier alpha value is -3.50. The molecule has 2 fully saturated rings. The molecule has 1 unspecified atom stereocenters. The van der Waals surface area contributed by atoms with Crippen LogP contribution in [0.3, 0.4) is 0 Å². The molecular formula is C26H30FN3O6. The minimum Gasteiger partial charge on any atom is -0.507 e. The molecule has 1 aromatic heterocycles. The maximum absolute atomic E-state index is 14.2. The number of nitrogens with one attached hydrogen (secondary N) is 1. The minimum atomic E-state index is -0.985. The van der Waals surface area contributed by atoms with Crippen molar-refractivity contribution in [3.05, 3.63) is 63.7 Å². The van der Waals surface area contributed by atoms with E-state index >= 15 is 0 Å². The highest BCUT2D eigenvalue weighted by Gasteiger charge is 2.46. The van der Waals surface area contributed by atoms with Crippen molar-refractivity contribution in [2.75, 3.05) is 46.0 Å². The first-order valence-corrected chi connectivity index (χ1v) is 11.9. The molecule has 1 atom stereocenters. The summed E-state index contributed by atoms with van der Waals surface area (Å²) < 4.78 is 24.7. The van der Waals surface area contributed by atoms with E-state index in [2.05, 4.69) is 9.88 Å². The van der Waals surface area contributed by atoms with Gasteiger partial charge in [0.05, 0.1) is 31.4 Å². The molecule has 2 aromatic rings. The Morgan fingerprint density at radius 3 is 2.61 bits per heavy atom. The molecule has 1 amide bonds. The quantitative estimate of drug-likeness (QED) is 0.261. The third-order valence-corrected chi connectivity index (χ3v) is 6.62. The number of Topliss-reactive ketones (excluding diaryl/α,β-unsaturated/α-hetero) is 1. The van der Waals surface area contributed by atoms with Gasteiger partial charge < -0.3 is 24.5 Å². The number of aliphatic hydroxyl groups excluding tert-OH is 1. The number of ether oxygens (including phenoxy) is 2. The number of likely N-dealkylation sites (tertiary alicyclic amines) is 1. The number of morpholine rings is 1. The molecule has 0 radical (unpaired) electrons. The van der Waals surface area contributed by atoms with E-state index in [0.717, 1.165) is 0 Å². The lowest BCUT2D eigenvalue weighted by atomic mass is 9.94. The number of amides is 1. The van der Waals surface area contributed by atoms with E-state index in [4.69, 9.17) is 9.47 Å². The number of rotatable bonds is 7. The van der Waals surface area contributed by atoms with E-state index < -0.39 is 35.3 Å². The fourth-order valence-corrected chi connectivity index (χ4v) is 4.86. The monoisotopic (exact) mass is 499 g/mol. The Morgan fingerprint density at radius 1 is 1.22 bits per heavy atom. The summed E-state index contributed by atoms with van der Waals surface area (Å²) in [6, 6.07) is 4.66. The third-order valence-electron chi connectivity index (χ3n) is 6.62. The van der Waals surface area contributed by atoms with E-state index in [0.29, 0.717) is 49.7 Å². The SMILES string of the molecule is CCOC(=O)c1[nH]c(C)c(C(O)=C2C(=O)C(=O)N(CCN3CCOCC3)C2c2cccc(F)c2)c1C. The molecule has 0 saturated carbocycles. The number of carbonyl (C=O) groups is 3. The molecular weight excluding hydrogens is 469 g/mol. The number of halogens is 1. The van der Waals surface area contributed by atoms with Gasteiger partial charge in [-0.3, -0.25) is 14.5 Å². The summed E-state index contributed by atoms with van der Waals surface area (Å²) in [6.45, 7) is 8.40. The Labute approximate surface area is 208 Å². The van der Waals surface area contributed by atoms with E-state index in [1.54, 1.807) is 26.8 Å². The van der Waals surface area contributed by atoms with Crippen LogP contribution in [0.15, 0.2) is 29.8 Å². The standard InChI is InChI=1S/C26H30FN3O6/c1-4-36-26(34)21-15(2)19(16(3)28-21)23(31)20-22(17-6-5-7-18(27)14-17)30(25(33)24(20)32)9-8-29-10-12-35-13-11-29/h5-7,14,22,28,31H,4,8-13H2,1-3H3. The zero-order chi connectivity index (χ0) is 26.0. The topological polar surface area (TPSA) is 112 Å². The zero-order valence-electron chi connectivity index (χ0n) is 20.6. The van der Waals surface area contributed by atoms with Crippen LogP contribution in [0.1, 0.15) is 45.8 Å². The third kappa shape index (κ3) is 4.78. The maximum Gasteiger partial charge on any atom is 0.355 e. The van der Waals surface area contributed by atoms with Gasteiger partial charge in [-0.15, -0.1) is 0 Å². The van der Waals surface area contributed by atoms with Crippen LogP contribution in [0.5, 0.6) is 0 Å². The second kappa shape index (κ2) is 10.6. The molecule has 2 saturated heterocycles. The fourth-order valence-electron chi connectivity index (χ4n) is 4.86. The van der Waals surface area contributed by atoms with E-state index in [9.17, 15) is 23.9 Å². The van der Waals surface area contributed by atoms with Gasteiger partial charge in [-0.25, -0.2) is 9.18 Å². The summed E-state index contributed by atoms with van der Waals surface area (Å²) in [6.07, 6.45) is 0. The van der Waals surface area contributed by atoms with Crippen LogP contribution >= 0.6 is 0 Å². The molecule has 2 N–H and O–H groups in total. The number of carbonyl (C=O) groups excluding carboxylic acids is 3. The van der Waals surface area contributed by atoms with Gasteiger partial charge in [0.25, 0.3) is 11.7 Å². The van der Waals surface area contributed by atoms with Gasteiger partial charge in [-0.1, -0.05) is 12.1 Å². The van der Waals surface area contributed by atoms with Gasteiger partial charge in [-0.2, -0.15) is 0 Å². The smallest absolute Gasteiger partial charge is 0.355 e. The fraction of sp³-hybridized carbons (Fsp3) is 0.423. The number of aliphatic hydroxyl groups is 1. The number of hydrogen-bond donors (Lipinski definition) is 2. The number of aromatic nitrogens is 1. The predicted octanol–water partition coefficient (Wildman–Crippen LogP) is 2.70. The number of esters is 1. The lowest BCUT2D eigenvalue weighted by Gasteiger charge is -2.31. The number of hydrogen-bond acceptors (Lipinski definition) is 7. The predicted molar refractivity (Wildman–Crippen MR) is 129 cm³/mol. The number of aromatic amines is 1. The summed E-state index contributed by atoms with van der Waals surface area (Å²) in [7, 11) is 0. The highest BCUT2D eigenvalue weighted by molar-refractivity contribution is 6.46. The molecule has 36 heavy (non-hydrogen) atoms. The van der Waals surface area contributed by atoms with Crippen LogP contribution in [0.4, 0.5) is 4.39 Å². The van der Waals surface area contributed by atoms with Crippen molar-refractivity contribution in [2.45, 2.75) is 26.8 Å². The van der Waals surface area contributed by atoms with Crippen molar-refractivity contribution in [1.29, 1.82) is 0 Å². The number of benzene rings is 1. The first-order chi connectivity index (χ1) is 17.2. The lowest BCUT2D eigenvalue weighted by molar-refractivity contribution is -0.140. The number of aryl methyl sites for hydroxylation is 1. The summed E-state index contributed by atoms with van der Waals surface area (Å²) in [5.74, 6) is -3.16. The molecule has 0 spiro atoms. The van der Waals surface area contributed by atoms with Crippen molar-refractivity contribution in [2.24, 2.45) is 0 Å². The normalized spacial score (nSPS) is 20.2. The summed E-state index contributed by atoms with van der Waals surface area (Å²) >= 11 is 0. The van der Waals surface area contributed by atoms with Crippen LogP contribution in [-0.2, 0) is 19.1 Å². The molecule has 2 aliphatic rings. The lowest BCUT2D eigenvalue weighted by Crippen LogP contribution is -2.42. The van der Waals surface area contributed by atoms with Crippen molar-refractivity contribution in [3.63, 3.8) is 0 Å². The van der Waals surface area contributed by atoms with E-state index in [1.807, 2.05) is 0 Å². The van der Waals surface area contributed by atoms with Crippen LogP contribution in [0.2, 0.25) is 0 Å².